The van der Waals surface area contributed by atoms with E-state index >= 15 is 0 Å². The maximum absolute atomic E-state index is 13.8. The second kappa shape index (κ2) is 16.5. The lowest BCUT2D eigenvalue weighted by Gasteiger charge is -2.25. The smallest absolute Gasteiger partial charge is 0.326 e. The number of aliphatic carboxylic acids is 1. The molecule has 3 aromatic carbocycles. The number of rotatable bonds is 16. The van der Waals surface area contributed by atoms with E-state index in [0.717, 1.165) is 22.0 Å². The third-order valence-electron chi connectivity index (χ3n) is 7.70. The fourth-order valence-corrected chi connectivity index (χ4v) is 5.58. The van der Waals surface area contributed by atoms with E-state index in [0.29, 0.717) is 11.3 Å². The maximum Gasteiger partial charge on any atom is 0.326 e. The van der Waals surface area contributed by atoms with Gasteiger partial charge in [0, 0.05) is 29.9 Å². The SMILES string of the molecule is CSCCC(NC(=O)C(Cc1c[nH]c2ccccc12)NC(=O)C(N)Cc1ccc(O)cc1)C(=O)NC(Cc1ccc(O)cc1)C(=O)O. The van der Waals surface area contributed by atoms with Gasteiger partial charge in [0.1, 0.15) is 29.6 Å². The molecular weight excluding hydrogens is 622 g/mol. The minimum absolute atomic E-state index is 0.0279. The number of phenolic OH excluding ortho intramolecular Hbond substituents is 2. The van der Waals surface area contributed by atoms with Gasteiger partial charge in [0.2, 0.25) is 17.7 Å². The van der Waals surface area contributed by atoms with Crippen LogP contribution in [0.4, 0.5) is 0 Å². The molecule has 4 rings (SSSR count). The number of H-pyrrole nitrogens is 1. The van der Waals surface area contributed by atoms with E-state index in [2.05, 4.69) is 20.9 Å². The normalized spacial score (nSPS) is 13.7. The summed E-state index contributed by atoms with van der Waals surface area (Å²) in [5.41, 5.74) is 9.14. The van der Waals surface area contributed by atoms with Crippen molar-refractivity contribution in [3.05, 3.63) is 95.7 Å². The number of aromatic amines is 1. The van der Waals surface area contributed by atoms with E-state index in [1.807, 2.05) is 30.5 Å². The van der Waals surface area contributed by atoms with E-state index in [9.17, 15) is 34.5 Å². The summed E-state index contributed by atoms with van der Waals surface area (Å²) in [5.74, 6) is -2.55. The molecule has 1 heterocycles. The number of nitrogens with one attached hydrogen (secondary N) is 4. The summed E-state index contributed by atoms with van der Waals surface area (Å²) in [6, 6.07) is 15.3. The second-order valence-electron chi connectivity index (χ2n) is 11.2. The van der Waals surface area contributed by atoms with Crippen molar-refractivity contribution < 1.29 is 34.5 Å². The Morgan fingerprint density at radius 1 is 0.745 bits per heavy atom. The second-order valence-corrected chi connectivity index (χ2v) is 12.2. The molecule has 47 heavy (non-hydrogen) atoms. The van der Waals surface area contributed by atoms with E-state index < -0.39 is 47.9 Å². The van der Waals surface area contributed by atoms with Crippen molar-refractivity contribution in [3.63, 3.8) is 0 Å². The van der Waals surface area contributed by atoms with Crippen molar-refractivity contribution in [3.8, 4) is 11.5 Å². The molecule has 248 valence electrons. The third-order valence-corrected chi connectivity index (χ3v) is 8.34. The number of phenols is 2. The molecule has 9 N–H and O–H groups in total. The Labute approximate surface area is 276 Å². The number of para-hydroxylation sites is 1. The number of carbonyl (C=O) groups excluding carboxylic acids is 3. The number of nitrogens with two attached hydrogens (primary N) is 1. The number of thioether (sulfide) groups is 1. The van der Waals surface area contributed by atoms with Crippen LogP contribution in [-0.4, -0.2) is 80.2 Å². The lowest BCUT2D eigenvalue weighted by Crippen LogP contribution is -2.58. The van der Waals surface area contributed by atoms with Gasteiger partial charge < -0.3 is 42.0 Å². The molecule has 0 aliphatic rings. The molecule has 4 unspecified atom stereocenters. The average Bonchev–Trinajstić information content (AvgIpc) is 3.46. The van der Waals surface area contributed by atoms with Crippen LogP contribution in [0.2, 0.25) is 0 Å². The predicted octanol–water partition coefficient (Wildman–Crippen LogP) is 2.23. The van der Waals surface area contributed by atoms with Gasteiger partial charge in [-0.3, -0.25) is 14.4 Å². The Morgan fingerprint density at radius 2 is 1.30 bits per heavy atom. The van der Waals surface area contributed by atoms with Crippen LogP contribution in [0.15, 0.2) is 79.0 Å². The van der Waals surface area contributed by atoms with Crippen molar-refractivity contribution >= 4 is 46.4 Å². The lowest BCUT2D eigenvalue weighted by molar-refractivity contribution is -0.142. The number of hydrogen-bond acceptors (Lipinski definition) is 8. The summed E-state index contributed by atoms with van der Waals surface area (Å²) in [5, 5.41) is 37.9. The number of carbonyl (C=O) groups is 4. The van der Waals surface area contributed by atoms with Crippen LogP contribution in [0.5, 0.6) is 11.5 Å². The number of carboxylic acid groups (broad SMARTS) is 1. The van der Waals surface area contributed by atoms with Crippen LogP contribution in [0.25, 0.3) is 10.9 Å². The highest BCUT2D eigenvalue weighted by Gasteiger charge is 2.31. The quantitative estimate of drug-likeness (QED) is 0.0885. The fraction of sp³-hybridized carbons (Fsp3) is 0.294. The number of aromatic hydroxyl groups is 2. The Bertz CT molecular complexity index is 1680. The van der Waals surface area contributed by atoms with Gasteiger partial charge in [-0.15, -0.1) is 0 Å². The minimum Gasteiger partial charge on any atom is -0.508 e. The zero-order valence-corrected chi connectivity index (χ0v) is 26.6. The Kier molecular flexibility index (Phi) is 12.3. The Hall–Kier alpha value is -5.01. The summed E-state index contributed by atoms with van der Waals surface area (Å²) in [6.45, 7) is 0. The van der Waals surface area contributed by atoms with Crippen molar-refractivity contribution in [2.75, 3.05) is 12.0 Å². The molecule has 12 nitrogen and oxygen atoms in total. The van der Waals surface area contributed by atoms with E-state index in [1.54, 1.807) is 30.5 Å². The van der Waals surface area contributed by atoms with Gasteiger partial charge in [-0.25, -0.2) is 4.79 Å². The molecule has 3 amide bonds. The highest BCUT2D eigenvalue weighted by atomic mass is 32.2. The van der Waals surface area contributed by atoms with Crippen LogP contribution in [0, 0.1) is 0 Å². The van der Waals surface area contributed by atoms with Crippen molar-refractivity contribution in [2.24, 2.45) is 5.73 Å². The molecule has 0 spiro atoms. The monoisotopic (exact) mass is 661 g/mol. The molecule has 0 saturated heterocycles. The molecule has 4 atom stereocenters. The number of fused-ring (bicyclic) bond motifs is 1. The van der Waals surface area contributed by atoms with Gasteiger partial charge >= 0.3 is 5.97 Å². The van der Waals surface area contributed by atoms with Crippen molar-refractivity contribution in [2.45, 2.75) is 49.9 Å². The summed E-state index contributed by atoms with van der Waals surface area (Å²) in [7, 11) is 0. The first-order valence-electron chi connectivity index (χ1n) is 15.0. The average molecular weight is 662 g/mol. The van der Waals surface area contributed by atoms with Gasteiger partial charge in [0.25, 0.3) is 0 Å². The van der Waals surface area contributed by atoms with Crippen molar-refractivity contribution in [1.29, 1.82) is 0 Å². The molecule has 0 aliphatic heterocycles. The van der Waals surface area contributed by atoms with E-state index in [4.69, 9.17) is 5.73 Å². The van der Waals surface area contributed by atoms with Crippen LogP contribution in [-0.2, 0) is 38.4 Å². The topological polar surface area (TPSA) is 207 Å². The van der Waals surface area contributed by atoms with Crippen molar-refractivity contribution in [1.82, 2.24) is 20.9 Å². The molecule has 0 aliphatic carbocycles. The molecule has 13 heteroatoms. The molecule has 1 aromatic heterocycles. The van der Waals surface area contributed by atoms with Crippen LogP contribution >= 0.6 is 11.8 Å². The van der Waals surface area contributed by atoms with Gasteiger partial charge in [0.15, 0.2) is 0 Å². The summed E-state index contributed by atoms with van der Waals surface area (Å²) < 4.78 is 0. The highest BCUT2D eigenvalue weighted by molar-refractivity contribution is 7.98. The third kappa shape index (κ3) is 9.99. The van der Waals surface area contributed by atoms with Crippen LogP contribution in [0.1, 0.15) is 23.1 Å². The first-order valence-corrected chi connectivity index (χ1v) is 16.4. The standard InChI is InChI=1S/C34H39N5O7S/c1-47-15-14-28(32(43)39-30(34(45)46)17-21-8-12-24(41)13-9-21)37-33(44)29(18-22-19-36-27-5-3-2-4-25(22)27)38-31(42)26(35)16-20-6-10-23(40)11-7-20/h2-13,19,26,28-30,36,40-41H,14-18,35H2,1H3,(H,37,44)(H,38,42)(H,39,43)(H,45,46). The predicted molar refractivity (Wildman–Crippen MR) is 180 cm³/mol. The molecule has 0 bridgehead atoms. The van der Waals surface area contributed by atoms with Gasteiger partial charge in [-0.05, 0) is 71.9 Å². The number of benzene rings is 3. The first-order chi connectivity index (χ1) is 22.5. The first kappa shape index (κ1) is 34.9. The molecule has 0 saturated carbocycles. The minimum atomic E-state index is -1.29. The molecule has 0 radical (unpaired) electrons. The number of carboxylic acids is 1. The Morgan fingerprint density at radius 3 is 1.91 bits per heavy atom. The Balaban J connectivity index is 1.52. The van der Waals surface area contributed by atoms with Crippen LogP contribution < -0.4 is 21.7 Å². The fourth-order valence-electron chi connectivity index (χ4n) is 5.10. The summed E-state index contributed by atoms with van der Waals surface area (Å²) >= 11 is 1.46. The van der Waals surface area contributed by atoms with E-state index in [-0.39, 0.29) is 37.2 Å². The molecular formula is C34H39N5O7S. The molecule has 0 fully saturated rings. The number of hydrogen-bond donors (Lipinski definition) is 8. The lowest BCUT2D eigenvalue weighted by atomic mass is 10.0. The van der Waals surface area contributed by atoms with Crippen LogP contribution in [0.3, 0.4) is 0 Å². The number of aromatic nitrogens is 1. The van der Waals surface area contributed by atoms with Gasteiger partial charge in [0.05, 0.1) is 6.04 Å². The summed E-state index contributed by atoms with van der Waals surface area (Å²) in [6.07, 6.45) is 4.01. The van der Waals surface area contributed by atoms with E-state index in [1.165, 1.54) is 36.0 Å². The zero-order chi connectivity index (χ0) is 33.9. The number of amides is 3. The van der Waals surface area contributed by atoms with Gasteiger partial charge in [-0.2, -0.15) is 11.8 Å². The highest BCUT2D eigenvalue weighted by Crippen LogP contribution is 2.20. The zero-order valence-electron chi connectivity index (χ0n) is 25.8. The maximum atomic E-state index is 13.8. The van der Waals surface area contributed by atoms with Gasteiger partial charge in [-0.1, -0.05) is 42.5 Å². The largest absolute Gasteiger partial charge is 0.508 e. The summed E-state index contributed by atoms with van der Waals surface area (Å²) in [4.78, 5) is 55.8. The molecule has 4 aromatic rings.